The Balaban J connectivity index is 1.19. The van der Waals surface area contributed by atoms with Crippen LogP contribution < -0.4 is 4.90 Å². The molecule has 0 spiro atoms. The number of benzene rings is 9. The highest BCUT2D eigenvalue weighted by atomic mass is 15.1. The van der Waals surface area contributed by atoms with E-state index in [0.717, 1.165) is 17.1 Å². The standard InChI is InChI=1S/C50H35N/c1-5-17-37(18-6-1)43-25-15-16-28-48(43)51(41-23-11-4-12-24-41)42-32-29-36(30-33-42)40-31-34-46-47(35-40)44-26-13-14-27-45(44)49(38-19-7-2-8-20-38)50(46)39-21-9-3-10-22-39/h1-35H. The average Bonchev–Trinajstić information content (AvgIpc) is 3.22. The Morgan fingerprint density at radius 1 is 0.255 bits per heavy atom. The molecule has 9 aromatic carbocycles. The van der Waals surface area contributed by atoms with Crippen molar-refractivity contribution in [3.05, 3.63) is 212 Å². The van der Waals surface area contributed by atoms with E-state index in [1.165, 1.54) is 66.1 Å². The highest BCUT2D eigenvalue weighted by Gasteiger charge is 2.19. The van der Waals surface area contributed by atoms with Crippen LogP contribution in [0.25, 0.3) is 66.1 Å². The maximum atomic E-state index is 2.38. The minimum atomic E-state index is 1.11. The molecule has 0 aliphatic rings. The van der Waals surface area contributed by atoms with Crippen molar-refractivity contribution in [1.82, 2.24) is 0 Å². The van der Waals surface area contributed by atoms with Gasteiger partial charge in [0.15, 0.2) is 0 Å². The molecule has 0 saturated heterocycles. The Kier molecular flexibility index (Phi) is 7.92. The van der Waals surface area contributed by atoms with Crippen LogP contribution in [0.15, 0.2) is 212 Å². The van der Waals surface area contributed by atoms with Gasteiger partial charge in [-0.25, -0.2) is 0 Å². The van der Waals surface area contributed by atoms with E-state index in [-0.39, 0.29) is 0 Å². The number of hydrogen-bond acceptors (Lipinski definition) is 1. The zero-order chi connectivity index (χ0) is 34.0. The second kappa shape index (κ2) is 13.3. The predicted molar refractivity (Wildman–Crippen MR) is 218 cm³/mol. The van der Waals surface area contributed by atoms with Gasteiger partial charge in [-0.15, -0.1) is 0 Å². The summed E-state index contributed by atoms with van der Waals surface area (Å²) in [6.07, 6.45) is 0. The second-order valence-electron chi connectivity index (χ2n) is 12.9. The molecular formula is C50H35N. The lowest BCUT2D eigenvalue weighted by Crippen LogP contribution is -2.11. The number of hydrogen-bond donors (Lipinski definition) is 0. The number of para-hydroxylation sites is 2. The van der Waals surface area contributed by atoms with Gasteiger partial charge in [0.05, 0.1) is 5.69 Å². The monoisotopic (exact) mass is 649 g/mol. The molecule has 0 bridgehead atoms. The normalized spacial score (nSPS) is 11.1. The molecule has 0 N–H and O–H groups in total. The van der Waals surface area contributed by atoms with E-state index in [1.54, 1.807) is 0 Å². The Hall–Kier alpha value is -6.70. The molecule has 1 heteroatoms. The number of fused-ring (bicyclic) bond motifs is 3. The SMILES string of the molecule is c1ccc(-c2ccccc2N(c2ccccc2)c2ccc(-c3ccc4c(-c5ccccc5)c(-c5ccccc5)c5ccccc5c4c3)cc2)cc1. The van der Waals surface area contributed by atoms with Gasteiger partial charge in [0.25, 0.3) is 0 Å². The number of anilines is 3. The zero-order valence-corrected chi connectivity index (χ0v) is 28.2. The lowest BCUT2D eigenvalue weighted by Gasteiger charge is -2.28. The van der Waals surface area contributed by atoms with Gasteiger partial charge in [-0.1, -0.05) is 176 Å². The molecule has 0 amide bonds. The van der Waals surface area contributed by atoms with E-state index in [9.17, 15) is 0 Å². The number of nitrogens with zero attached hydrogens (tertiary/aromatic N) is 1. The topological polar surface area (TPSA) is 3.24 Å². The van der Waals surface area contributed by atoms with Crippen molar-refractivity contribution in [3.63, 3.8) is 0 Å². The fraction of sp³-hybridized carbons (Fsp3) is 0. The molecule has 0 fully saturated rings. The largest absolute Gasteiger partial charge is 0.310 e. The summed E-state index contributed by atoms with van der Waals surface area (Å²) < 4.78 is 0. The minimum Gasteiger partial charge on any atom is -0.310 e. The second-order valence-corrected chi connectivity index (χ2v) is 12.9. The fourth-order valence-corrected chi connectivity index (χ4v) is 7.52. The maximum Gasteiger partial charge on any atom is 0.0540 e. The summed E-state index contributed by atoms with van der Waals surface area (Å²) in [5, 5.41) is 5.04. The van der Waals surface area contributed by atoms with Crippen molar-refractivity contribution in [2.75, 3.05) is 4.90 Å². The summed E-state index contributed by atoms with van der Waals surface area (Å²) in [7, 11) is 0. The van der Waals surface area contributed by atoms with Crippen LogP contribution in [0.5, 0.6) is 0 Å². The average molecular weight is 650 g/mol. The van der Waals surface area contributed by atoms with Crippen molar-refractivity contribution in [1.29, 1.82) is 0 Å². The van der Waals surface area contributed by atoms with Gasteiger partial charge in [0.1, 0.15) is 0 Å². The van der Waals surface area contributed by atoms with Crippen LogP contribution in [-0.2, 0) is 0 Å². The molecule has 0 radical (unpaired) electrons. The highest BCUT2D eigenvalue weighted by Crippen LogP contribution is 2.46. The quantitative estimate of drug-likeness (QED) is 0.155. The molecule has 9 rings (SSSR count). The van der Waals surface area contributed by atoms with Crippen molar-refractivity contribution >= 4 is 38.6 Å². The lowest BCUT2D eigenvalue weighted by molar-refractivity contribution is 1.28. The van der Waals surface area contributed by atoms with Crippen molar-refractivity contribution in [2.45, 2.75) is 0 Å². The Labute approximate surface area is 299 Å². The van der Waals surface area contributed by atoms with Crippen molar-refractivity contribution in [3.8, 4) is 44.5 Å². The van der Waals surface area contributed by atoms with E-state index in [0.29, 0.717) is 0 Å². The molecule has 240 valence electrons. The molecule has 0 aromatic heterocycles. The third-order valence-corrected chi connectivity index (χ3v) is 9.85. The van der Waals surface area contributed by atoms with Crippen molar-refractivity contribution in [2.24, 2.45) is 0 Å². The van der Waals surface area contributed by atoms with Gasteiger partial charge in [-0.2, -0.15) is 0 Å². The smallest absolute Gasteiger partial charge is 0.0540 e. The zero-order valence-electron chi connectivity index (χ0n) is 28.2. The lowest BCUT2D eigenvalue weighted by atomic mass is 9.84. The first kappa shape index (κ1) is 30.4. The maximum absolute atomic E-state index is 2.38. The van der Waals surface area contributed by atoms with Crippen LogP contribution in [0, 0.1) is 0 Å². The van der Waals surface area contributed by atoms with Gasteiger partial charge in [0.2, 0.25) is 0 Å². The van der Waals surface area contributed by atoms with Crippen LogP contribution in [0.3, 0.4) is 0 Å². The summed E-state index contributed by atoms with van der Waals surface area (Å²) in [5.74, 6) is 0. The van der Waals surface area contributed by atoms with E-state index >= 15 is 0 Å². The van der Waals surface area contributed by atoms with Gasteiger partial charge >= 0.3 is 0 Å². The molecule has 0 unspecified atom stereocenters. The number of rotatable bonds is 7. The van der Waals surface area contributed by atoms with Gasteiger partial charge in [-0.3, -0.25) is 0 Å². The molecular weight excluding hydrogens is 615 g/mol. The van der Waals surface area contributed by atoms with Crippen LogP contribution in [0.2, 0.25) is 0 Å². The van der Waals surface area contributed by atoms with Crippen LogP contribution in [0.1, 0.15) is 0 Å². The fourth-order valence-electron chi connectivity index (χ4n) is 7.52. The van der Waals surface area contributed by atoms with Crippen LogP contribution >= 0.6 is 0 Å². The summed E-state index contributed by atoms with van der Waals surface area (Å²) in [5.41, 5.74) is 13.1. The van der Waals surface area contributed by atoms with Gasteiger partial charge in [0, 0.05) is 16.9 Å². The predicted octanol–water partition coefficient (Wildman–Crippen LogP) is 14.1. The Morgan fingerprint density at radius 2 is 0.706 bits per heavy atom. The van der Waals surface area contributed by atoms with E-state index < -0.39 is 0 Å². The molecule has 0 atom stereocenters. The minimum absolute atomic E-state index is 1.11. The molecule has 9 aromatic rings. The van der Waals surface area contributed by atoms with E-state index in [2.05, 4.69) is 217 Å². The molecule has 0 saturated carbocycles. The first-order chi connectivity index (χ1) is 25.3. The molecule has 0 aliphatic heterocycles. The molecule has 51 heavy (non-hydrogen) atoms. The van der Waals surface area contributed by atoms with Crippen molar-refractivity contribution < 1.29 is 0 Å². The van der Waals surface area contributed by atoms with Crippen LogP contribution in [-0.4, -0.2) is 0 Å². The highest BCUT2D eigenvalue weighted by molar-refractivity contribution is 6.22. The van der Waals surface area contributed by atoms with E-state index in [4.69, 9.17) is 0 Å². The Bertz CT molecular complexity index is 2590. The summed E-state index contributed by atoms with van der Waals surface area (Å²) in [6.45, 7) is 0. The third-order valence-electron chi connectivity index (χ3n) is 9.85. The van der Waals surface area contributed by atoms with Crippen LogP contribution in [0.4, 0.5) is 17.1 Å². The first-order valence-electron chi connectivity index (χ1n) is 17.5. The summed E-state index contributed by atoms with van der Waals surface area (Å²) in [4.78, 5) is 2.36. The summed E-state index contributed by atoms with van der Waals surface area (Å²) >= 11 is 0. The molecule has 0 heterocycles. The van der Waals surface area contributed by atoms with E-state index in [1.807, 2.05) is 0 Å². The molecule has 1 nitrogen and oxygen atoms in total. The van der Waals surface area contributed by atoms with Gasteiger partial charge in [-0.05, 0) is 96.9 Å². The van der Waals surface area contributed by atoms with Gasteiger partial charge < -0.3 is 4.90 Å². The first-order valence-corrected chi connectivity index (χ1v) is 17.5. The Morgan fingerprint density at radius 3 is 1.33 bits per heavy atom. The molecule has 0 aliphatic carbocycles. The third kappa shape index (κ3) is 5.65. The summed E-state index contributed by atoms with van der Waals surface area (Å²) in [6, 6.07) is 76.5.